The molecule has 0 amide bonds. The lowest BCUT2D eigenvalue weighted by Crippen LogP contribution is -2.39. The standard InChI is InChI=1S/C15H20N4O2S/c16-9-14-7-4-8-19(14)22(20,21)15-10-17-18(12-15)11-13-5-2-1-3-6-13/h1-3,5-6,10,12,14H,4,7-9,11,16H2. The van der Waals surface area contributed by atoms with Crippen LogP contribution in [-0.2, 0) is 16.6 Å². The number of benzene rings is 1. The van der Waals surface area contributed by atoms with Crippen molar-refractivity contribution in [1.82, 2.24) is 14.1 Å². The molecule has 1 aromatic heterocycles. The summed E-state index contributed by atoms with van der Waals surface area (Å²) >= 11 is 0. The quantitative estimate of drug-likeness (QED) is 0.892. The maximum atomic E-state index is 12.7. The van der Waals surface area contributed by atoms with E-state index in [2.05, 4.69) is 5.10 Å². The minimum Gasteiger partial charge on any atom is -0.329 e. The van der Waals surface area contributed by atoms with E-state index in [-0.39, 0.29) is 10.9 Å². The van der Waals surface area contributed by atoms with Gasteiger partial charge in [0.15, 0.2) is 0 Å². The molecule has 118 valence electrons. The van der Waals surface area contributed by atoms with Crippen molar-refractivity contribution in [3.8, 4) is 0 Å². The highest BCUT2D eigenvalue weighted by molar-refractivity contribution is 7.89. The van der Waals surface area contributed by atoms with Gasteiger partial charge >= 0.3 is 0 Å². The van der Waals surface area contributed by atoms with Gasteiger partial charge in [0.2, 0.25) is 10.0 Å². The van der Waals surface area contributed by atoms with Gasteiger partial charge in [0.1, 0.15) is 4.90 Å². The van der Waals surface area contributed by atoms with Gasteiger partial charge in [0.05, 0.1) is 12.7 Å². The number of sulfonamides is 1. The zero-order valence-corrected chi connectivity index (χ0v) is 13.1. The molecule has 1 atom stereocenters. The van der Waals surface area contributed by atoms with Crippen LogP contribution in [0.1, 0.15) is 18.4 Å². The molecule has 2 N–H and O–H groups in total. The van der Waals surface area contributed by atoms with Crippen LogP contribution in [0, 0.1) is 0 Å². The van der Waals surface area contributed by atoms with Crippen LogP contribution < -0.4 is 5.73 Å². The number of rotatable bonds is 5. The molecular formula is C15H20N4O2S. The maximum Gasteiger partial charge on any atom is 0.246 e. The Morgan fingerprint density at radius 3 is 2.77 bits per heavy atom. The van der Waals surface area contributed by atoms with Gasteiger partial charge in [-0.1, -0.05) is 30.3 Å². The van der Waals surface area contributed by atoms with E-state index in [0.29, 0.717) is 19.6 Å². The second-order valence-corrected chi connectivity index (χ2v) is 7.40. The smallest absolute Gasteiger partial charge is 0.246 e. The van der Waals surface area contributed by atoms with Gasteiger partial charge in [-0.2, -0.15) is 9.40 Å². The molecule has 1 aliphatic rings. The molecule has 1 aliphatic heterocycles. The Hall–Kier alpha value is -1.70. The van der Waals surface area contributed by atoms with Crippen LogP contribution in [0.2, 0.25) is 0 Å². The van der Waals surface area contributed by atoms with Crippen LogP contribution in [0.15, 0.2) is 47.6 Å². The van der Waals surface area contributed by atoms with Crippen LogP contribution in [0.25, 0.3) is 0 Å². The van der Waals surface area contributed by atoms with Crippen molar-refractivity contribution in [2.75, 3.05) is 13.1 Å². The van der Waals surface area contributed by atoms with Crippen molar-refractivity contribution in [3.05, 3.63) is 48.3 Å². The fourth-order valence-corrected chi connectivity index (χ4v) is 4.49. The molecule has 0 spiro atoms. The summed E-state index contributed by atoms with van der Waals surface area (Å²) in [7, 11) is -3.50. The Morgan fingerprint density at radius 1 is 1.27 bits per heavy atom. The van der Waals surface area contributed by atoms with Crippen molar-refractivity contribution < 1.29 is 8.42 Å². The van der Waals surface area contributed by atoms with Crippen LogP contribution >= 0.6 is 0 Å². The van der Waals surface area contributed by atoms with Gasteiger partial charge in [-0.25, -0.2) is 8.42 Å². The van der Waals surface area contributed by atoms with Gasteiger partial charge in [0.25, 0.3) is 0 Å². The first kappa shape index (κ1) is 15.2. The molecule has 6 nitrogen and oxygen atoms in total. The van der Waals surface area contributed by atoms with E-state index in [0.717, 1.165) is 18.4 Å². The van der Waals surface area contributed by atoms with E-state index < -0.39 is 10.0 Å². The van der Waals surface area contributed by atoms with Crippen LogP contribution in [0.4, 0.5) is 0 Å². The average molecular weight is 320 g/mol. The molecule has 7 heteroatoms. The summed E-state index contributed by atoms with van der Waals surface area (Å²) in [5.74, 6) is 0. The van der Waals surface area contributed by atoms with Gasteiger partial charge in [-0.3, -0.25) is 4.68 Å². The van der Waals surface area contributed by atoms with E-state index in [9.17, 15) is 8.42 Å². The molecule has 1 saturated heterocycles. The highest BCUT2D eigenvalue weighted by Crippen LogP contribution is 2.25. The van der Waals surface area contributed by atoms with E-state index in [1.165, 1.54) is 10.5 Å². The Balaban J connectivity index is 1.81. The molecule has 0 aliphatic carbocycles. The van der Waals surface area contributed by atoms with Crippen LogP contribution in [0.3, 0.4) is 0 Å². The molecule has 3 rings (SSSR count). The van der Waals surface area contributed by atoms with Crippen molar-refractivity contribution >= 4 is 10.0 Å². The number of hydrogen-bond donors (Lipinski definition) is 1. The summed E-state index contributed by atoms with van der Waals surface area (Å²) in [6, 6.07) is 9.73. The third-order valence-electron chi connectivity index (χ3n) is 4.00. The number of nitrogens with two attached hydrogens (primary N) is 1. The monoisotopic (exact) mass is 320 g/mol. The van der Waals surface area contributed by atoms with Gasteiger partial charge < -0.3 is 5.73 Å². The lowest BCUT2D eigenvalue weighted by Gasteiger charge is -2.21. The normalized spacial score (nSPS) is 19.6. The predicted octanol–water partition coefficient (Wildman–Crippen LogP) is 1.04. The summed E-state index contributed by atoms with van der Waals surface area (Å²) in [6.07, 6.45) is 4.70. The first-order valence-corrected chi connectivity index (χ1v) is 8.83. The molecule has 1 fully saturated rings. The fraction of sp³-hybridized carbons (Fsp3) is 0.400. The summed E-state index contributed by atoms with van der Waals surface area (Å²) in [4.78, 5) is 0.240. The second kappa shape index (κ2) is 6.20. The van der Waals surface area contributed by atoms with E-state index in [4.69, 9.17) is 5.73 Å². The summed E-state index contributed by atoms with van der Waals surface area (Å²) in [5.41, 5.74) is 6.76. The predicted molar refractivity (Wildman–Crippen MR) is 83.7 cm³/mol. The van der Waals surface area contributed by atoms with Crippen LogP contribution in [0.5, 0.6) is 0 Å². The number of aromatic nitrogens is 2. The maximum absolute atomic E-state index is 12.7. The molecule has 1 aromatic carbocycles. The first-order chi connectivity index (χ1) is 10.6. The lowest BCUT2D eigenvalue weighted by molar-refractivity contribution is 0.393. The molecule has 2 aromatic rings. The SMILES string of the molecule is NCC1CCCN1S(=O)(=O)c1cnn(Cc2ccccc2)c1. The first-order valence-electron chi connectivity index (χ1n) is 7.39. The molecule has 0 saturated carbocycles. The lowest BCUT2D eigenvalue weighted by atomic mass is 10.2. The van der Waals surface area contributed by atoms with Crippen molar-refractivity contribution in [3.63, 3.8) is 0 Å². The Morgan fingerprint density at radius 2 is 2.05 bits per heavy atom. The number of nitrogens with zero attached hydrogens (tertiary/aromatic N) is 3. The van der Waals surface area contributed by atoms with Crippen molar-refractivity contribution in [2.45, 2.75) is 30.3 Å². The van der Waals surface area contributed by atoms with Gasteiger partial charge in [0, 0.05) is 25.3 Å². The molecular weight excluding hydrogens is 300 g/mol. The zero-order chi connectivity index (χ0) is 15.6. The van der Waals surface area contributed by atoms with Crippen LogP contribution in [-0.4, -0.2) is 41.6 Å². The zero-order valence-electron chi connectivity index (χ0n) is 12.3. The molecule has 0 radical (unpaired) electrons. The molecule has 2 heterocycles. The Kier molecular flexibility index (Phi) is 4.28. The van der Waals surface area contributed by atoms with Crippen molar-refractivity contribution in [2.24, 2.45) is 5.73 Å². The largest absolute Gasteiger partial charge is 0.329 e. The topological polar surface area (TPSA) is 81.2 Å². The second-order valence-electron chi connectivity index (χ2n) is 5.51. The third-order valence-corrected chi connectivity index (χ3v) is 5.90. The molecule has 22 heavy (non-hydrogen) atoms. The molecule has 1 unspecified atom stereocenters. The van der Waals surface area contributed by atoms with Gasteiger partial charge in [-0.05, 0) is 18.4 Å². The molecule has 0 bridgehead atoms. The Bertz CT molecular complexity index is 727. The summed E-state index contributed by atoms with van der Waals surface area (Å²) in [5, 5.41) is 4.18. The van der Waals surface area contributed by atoms with Crippen molar-refractivity contribution in [1.29, 1.82) is 0 Å². The van der Waals surface area contributed by atoms with Gasteiger partial charge in [-0.15, -0.1) is 0 Å². The number of hydrogen-bond acceptors (Lipinski definition) is 4. The highest BCUT2D eigenvalue weighted by Gasteiger charge is 2.35. The highest BCUT2D eigenvalue weighted by atomic mass is 32.2. The van der Waals surface area contributed by atoms with E-state index in [1.54, 1.807) is 10.9 Å². The Labute approximate surface area is 130 Å². The van der Waals surface area contributed by atoms with E-state index >= 15 is 0 Å². The summed E-state index contributed by atoms with van der Waals surface area (Å²) in [6.45, 7) is 1.45. The minimum atomic E-state index is -3.50. The third kappa shape index (κ3) is 2.92. The average Bonchev–Trinajstić information content (AvgIpc) is 3.17. The van der Waals surface area contributed by atoms with E-state index in [1.807, 2.05) is 30.3 Å². The summed E-state index contributed by atoms with van der Waals surface area (Å²) < 4.78 is 28.5. The fourth-order valence-electron chi connectivity index (χ4n) is 2.83. The minimum absolute atomic E-state index is 0.0949.